The average Bonchev–Trinajstić information content (AvgIpc) is 3.66. The van der Waals surface area contributed by atoms with Crippen LogP contribution in [0.15, 0.2) is 140 Å². The highest BCUT2D eigenvalue weighted by atomic mass is 32.1. The first-order valence-corrected chi connectivity index (χ1v) is 16.2. The van der Waals surface area contributed by atoms with Crippen LogP contribution in [0, 0.1) is 0 Å². The van der Waals surface area contributed by atoms with Crippen molar-refractivity contribution in [1.82, 2.24) is 15.0 Å². The van der Waals surface area contributed by atoms with Crippen molar-refractivity contribution >= 4 is 63.0 Å². The fourth-order valence-corrected chi connectivity index (χ4v) is 8.29. The molecule has 206 valence electrons. The molecule has 9 rings (SSSR count). The molecule has 0 spiro atoms. The van der Waals surface area contributed by atoms with Crippen molar-refractivity contribution in [3.05, 3.63) is 140 Å². The van der Waals surface area contributed by atoms with Crippen LogP contribution in [-0.4, -0.2) is 15.0 Å². The highest BCUT2D eigenvalue weighted by molar-refractivity contribution is 7.26. The minimum absolute atomic E-state index is 0.665. The number of hydrogen-bond acceptors (Lipinski definition) is 5. The summed E-state index contributed by atoms with van der Waals surface area (Å²) in [6.07, 6.45) is 0. The number of hydrogen-bond donors (Lipinski definition) is 0. The Kier molecular flexibility index (Phi) is 5.86. The van der Waals surface area contributed by atoms with Crippen molar-refractivity contribution in [2.24, 2.45) is 0 Å². The van der Waals surface area contributed by atoms with Gasteiger partial charge in [0.05, 0.1) is 0 Å². The van der Waals surface area contributed by atoms with Gasteiger partial charge >= 0.3 is 0 Å². The van der Waals surface area contributed by atoms with Gasteiger partial charge in [0.25, 0.3) is 0 Å². The molecule has 3 nitrogen and oxygen atoms in total. The second-order valence-corrected chi connectivity index (χ2v) is 13.0. The van der Waals surface area contributed by atoms with E-state index in [1.54, 1.807) is 0 Å². The predicted octanol–water partition coefficient (Wildman–Crippen LogP) is 11.3. The van der Waals surface area contributed by atoms with Gasteiger partial charge in [-0.15, -0.1) is 22.7 Å². The molecule has 0 fully saturated rings. The summed E-state index contributed by atoms with van der Waals surface area (Å²) in [5, 5.41) is 4.99. The molecule has 0 aliphatic heterocycles. The molecule has 9 aromatic rings. The molecular formula is C39H23N3S2. The summed E-state index contributed by atoms with van der Waals surface area (Å²) in [5.41, 5.74) is 5.28. The monoisotopic (exact) mass is 597 g/mol. The van der Waals surface area contributed by atoms with E-state index in [1.807, 2.05) is 59.1 Å². The molecular weight excluding hydrogens is 575 g/mol. The van der Waals surface area contributed by atoms with E-state index in [1.165, 1.54) is 45.9 Å². The number of benzene rings is 6. The molecule has 0 saturated carbocycles. The topological polar surface area (TPSA) is 38.7 Å². The number of rotatable bonds is 4. The van der Waals surface area contributed by atoms with E-state index in [9.17, 15) is 0 Å². The SMILES string of the molecule is c1ccc(-c2nc(-c3ccccc3)nc(-c3cc(-c4ccc5sc6ccccc6c5c4)cc4sc5ccccc5c34)n2)cc1. The Hall–Kier alpha value is -5.23. The number of nitrogens with zero attached hydrogens (tertiary/aromatic N) is 3. The van der Waals surface area contributed by atoms with Gasteiger partial charge in [0.15, 0.2) is 17.5 Å². The summed E-state index contributed by atoms with van der Waals surface area (Å²) < 4.78 is 5.08. The number of aromatic nitrogens is 3. The zero-order valence-corrected chi connectivity index (χ0v) is 25.1. The van der Waals surface area contributed by atoms with Crippen LogP contribution in [0.1, 0.15) is 0 Å². The molecule has 0 unspecified atom stereocenters. The van der Waals surface area contributed by atoms with Crippen molar-refractivity contribution < 1.29 is 0 Å². The third-order valence-electron chi connectivity index (χ3n) is 8.13. The number of thiophene rings is 2. The molecule has 0 aliphatic carbocycles. The van der Waals surface area contributed by atoms with Gasteiger partial charge in [-0.2, -0.15) is 0 Å². The quantitative estimate of drug-likeness (QED) is 0.203. The fraction of sp³-hybridized carbons (Fsp3) is 0. The summed E-state index contributed by atoms with van der Waals surface area (Å²) in [6, 6.07) is 49.1. The second-order valence-electron chi connectivity index (χ2n) is 10.8. The molecule has 0 aliphatic rings. The van der Waals surface area contributed by atoms with Crippen LogP contribution in [0.4, 0.5) is 0 Å². The molecule has 44 heavy (non-hydrogen) atoms. The van der Waals surface area contributed by atoms with E-state index in [0.29, 0.717) is 17.5 Å². The fourth-order valence-electron chi connectivity index (χ4n) is 6.03. The maximum Gasteiger partial charge on any atom is 0.164 e. The lowest BCUT2D eigenvalue weighted by molar-refractivity contribution is 1.08. The molecule has 0 radical (unpaired) electrons. The van der Waals surface area contributed by atoms with Gasteiger partial charge in [0, 0.05) is 57.0 Å². The van der Waals surface area contributed by atoms with Gasteiger partial charge in [-0.05, 0) is 47.5 Å². The largest absolute Gasteiger partial charge is 0.208 e. The van der Waals surface area contributed by atoms with Gasteiger partial charge in [-0.1, -0.05) is 103 Å². The van der Waals surface area contributed by atoms with Crippen molar-refractivity contribution in [3.63, 3.8) is 0 Å². The Morgan fingerprint density at radius 1 is 0.341 bits per heavy atom. The summed E-state index contributed by atoms with van der Waals surface area (Å²) >= 11 is 3.66. The Bertz CT molecular complexity index is 2440. The Morgan fingerprint density at radius 3 is 1.59 bits per heavy atom. The second kappa shape index (κ2) is 10.2. The molecule has 0 N–H and O–H groups in total. The maximum absolute atomic E-state index is 5.14. The molecule has 0 saturated heterocycles. The maximum atomic E-state index is 5.14. The van der Waals surface area contributed by atoms with Crippen molar-refractivity contribution in [2.45, 2.75) is 0 Å². The highest BCUT2D eigenvalue weighted by Gasteiger charge is 2.19. The lowest BCUT2D eigenvalue weighted by Gasteiger charge is -2.12. The van der Waals surface area contributed by atoms with Crippen LogP contribution in [0.25, 0.3) is 85.6 Å². The normalized spacial score (nSPS) is 11.6. The molecule has 5 heteroatoms. The first-order chi connectivity index (χ1) is 21.8. The minimum Gasteiger partial charge on any atom is -0.208 e. The first-order valence-electron chi connectivity index (χ1n) is 14.5. The predicted molar refractivity (Wildman–Crippen MR) is 187 cm³/mol. The molecule has 3 heterocycles. The third kappa shape index (κ3) is 4.21. The molecule has 6 aromatic carbocycles. The smallest absolute Gasteiger partial charge is 0.164 e. The van der Waals surface area contributed by atoms with Crippen LogP contribution < -0.4 is 0 Å². The van der Waals surface area contributed by atoms with E-state index < -0.39 is 0 Å². The van der Waals surface area contributed by atoms with Crippen molar-refractivity contribution in [1.29, 1.82) is 0 Å². The third-order valence-corrected chi connectivity index (χ3v) is 10.4. The molecule has 0 amide bonds. The summed E-state index contributed by atoms with van der Waals surface area (Å²) in [5.74, 6) is 2.01. The summed E-state index contributed by atoms with van der Waals surface area (Å²) in [4.78, 5) is 15.2. The van der Waals surface area contributed by atoms with Crippen LogP contribution in [0.5, 0.6) is 0 Å². The van der Waals surface area contributed by atoms with E-state index >= 15 is 0 Å². The van der Waals surface area contributed by atoms with Crippen molar-refractivity contribution in [3.8, 4) is 45.3 Å². The zero-order chi connectivity index (χ0) is 29.0. The van der Waals surface area contributed by atoms with E-state index in [2.05, 4.69) is 103 Å². The van der Waals surface area contributed by atoms with Gasteiger partial charge in [-0.25, -0.2) is 15.0 Å². The van der Waals surface area contributed by atoms with E-state index in [4.69, 9.17) is 15.0 Å². The van der Waals surface area contributed by atoms with Crippen molar-refractivity contribution in [2.75, 3.05) is 0 Å². The summed E-state index contributed by atoms with van der Waals surface area (Å²) in [7, 11) is 0. The lowest BCUT2D eigenvalue weighted by atomic mass is 9.97. The minimum atomic E-state index is 0.665. The Labute approximate surface area is 261 Å². The molecule has 0 atom stereocenters. The van der Waals surface area contributed by atoms with Gasteiger partial charge in [0.1, 0.15) is 0 Å². The first kappa shape index (κ1) is 25.3. The highest BCUT2D eigenvalue weighted by Crippen LogP contribution is 2.43. The summed E-state index contributed by atoms with van der Waals surface area (Å²) in [6.45, 7) is 0. The van der Waals surface area contributed by atoms with Gasteiger partial charge in [0.2, 0.25) is 0 Å². The Balaban J connectivity index is 1.33. The number of fused-ring (bicyclic) bond motifs is 6. The Morgan fingerprint density at radius 2 is 0.886 bits per heavy atom. The lowest BCUT2D eigenvalue weighted by Crippen LogP contribution is -2.00. The van der Waals surface area contributed by atoms with Crippen LogP contribution in [-0.2, 0) is 0 Å². The van der Waals surface area contributed by atoms with E-state index in [-0.39, 0.29) is 0 Å². The van der Waals surface area contributed by atoms with Gasteiger partial charge < -0.3 is 0 Å². The van der Waals surface area contributed by atoms with Crippen LogP contribution >= 0.6 is 22.7 Å². The van der Waals surface area contributed by atoms with Crippen LogP contribution in [0.3, 0.4) is 0 Å². The standard InChI is InChI=1S/C39H23N3S2/c1-3-11-24(12-4-1)37-40-38(25-13-5-2-6-14-25)42-39(41-37)31-22-27(23-35-36(31)29-16-8-10-18-33(29)44-35)26-19-20-34-30(21-26)28-15-7-9-17-32(28)43-34/h1-23H. The van der Waals surface area contributed by atoms with Gasteiger partial charge in [-0.3, -0.25) is 0 Å². The average molecular weight is 598 g/mol. The molecule has 3 aromatic heterocycles. The van der Waals surface area contributed by atoms with E-state index in [0.717, 1.165) is 22.3 Å². The van der Waals surface area contributed by atoms with Crippen LogP contribution in [0.2, 0.25) is 0 Å². The zero-order valence-electron chi connectivity index (χ0n) is 23.4. The molecule has 0 bridgehead atoms.